The molecule has 3 heteroatoms. The van der Waals surface area contributed by atoms with Crippen LogP contribution >= 0.6 is 0 Å². The Labute approximate surface area is 114 Å². The summed E-state index contributed by atoms with van der Waals surface area (Å²) in [6.45, 7) is 4.60. The van der Waals surface area contributed by atoms with Crippen molar-refractivity contribution in [2.24, 2.45) is 5.92 Å². The third-order valence-electron chi connectivity index (χ3n) is 3.56. The SMILES string of the molecule is CCCC(CCC)CC(=O)c1ccc2c(c1)OCO2. The zero-order valence-electron chi connectivity index (χ0n) is 11.8. The molecule has 1 aliphatic rings. The highest BCUT2D eigenvalue weighted by Crippen LogP contribution is 2.33. The molecule has 1 aromatic carbocycles. The maximum Gasteiger partial charge on any atom is 0.231 e. The number of Topliss-reactive ketones (excluding diaryl/α,β-unsaturated/α-hetero) is 1. The van der Waals surface area contributed by atoms with Crippen molar-refractivity contribution in [1.29, 1.82) is 0 Å². The van der Waals surface area contributed by atoms with Gasteiger partial charge in [-0.1, -0.05) is 39.5 Å². The molecule has 19 heavy (non-hydrogen) atoms. The minimum Gasteiger partial charge on any atom is -0.454 e. The number of benzene rings is 1. The van der Waals surface area contributed by atoms with Crippen molar-refractivity contribution in [2.45, 2.75) is 46.0 Å². The molecule has 0 spiro atoms. The number of ether oxygens (including phenoxy) is 2. The van der Waals surface area contributed by atoms with Gasteiger partial charge in [-0.15, -0.1) is 0 Å². The van der Waals surface area contributed by atoms with E-state index >= 15 is 0 Å². The van der Waals surface area contributed by atoms with Gasteiger partial charge in [0.15, 0.2) is 17.3 Å². The van der Waals surface area contributed by atoms with Gasteiger partial charge < -0.3 is 9.47 Å². The van der Waals surface area contributed by atoms with Crippen LogP contribution in [0.25, 0.3) is 0 Å². The number of ketones is 1. The van der Waals surface area contributed by atoms with Crippen LogP contribution in [0, 0.1) is 5.92 Å². The predicted octanol–water partition coefficient (Wildman–Crippen LogP) is 4.20. The van der Waals surface area contributed by atoms with Crippen LogP contribution in [0.2, 0.25) is 0 Å². The van der Waals surface area contributed by atoms with Gasteiger partial charge in [0.2, 0.25) is 6.79 Å². The highest BCUT2D eigenvalue weighted by molar-refractivity contribution is 5.96. The van der Waals surface area contributed by atoms with Crippen LogP contribution in [-0.2, 0) is 0 Å². The molecule has 0 saturated carbocycles. The van der Waals surface area contributed by atoms with E-state index < -0.39 is 0 Å². The first kappa shape index (κ1) is 13.9. The van der Waals surface area contributed by atoms with E-state index in [0.717, 1.165) is 37.0 Å². The molecule has 1 aromatic rings. The molecule has 1 aliphatic heterocycles. The number of hydrogen-bond donors (Lipinski definition) is 0. The second-order valence-electron chi connectivity index (χ2n) is 5.14. The third-order valence-corrected chi connectivity index (χ3v) is 3.56. The topological polar surface area (TPSA) is 35.5 Å². The van der Waals surface area contributed by atoms with Gasteiger partial charge in [-0.05, 0) is 24.1 Å². The third kappa shape index (κ3) is 3.49. The second kappa shape index (κ2) is 6.60. The smallest absolute Gasteiger partial charge is 0.231 e. The summed E-state index contributed by atoms with van der Waals surface area (Å²) in [4.78, 5) is 12.3. The summed E-state index contributed by atoms with van der Waals surface area (Å²) < 4.78 is 10.6. The molecule has 0 saturated heterocycles. The standard InChI is InChI=1S/C16H22O3/c1-3-5-12(6-4-2)9-14(17)13-7-8-15-16(10-13)19-11-18-15/h7-8,10,12H,3-6,9,11H2,1-2H3. The van der Waals surface area contributed by atoms with Gasteiger partial charge in [0.1, 0.15) is 0 Å². The largest absolute Gasteiger partial charge is 0.454 e. The molecule has 0 N–H and O–H groups in total. The van der Waals surface area contributed by atoms with Gasteiger partial charge in [-0.25, -0.2) is 0 Å². The Morgan fingerprint density at radius 1 is 1.16 bits per heavy atom. The summed E-state index contributed by atoms with van der Waals surface area (Å²) in [6.07, 6.45) is 5.17. The molecule has 104 valence electrons. The predicted molar refractivity (Wildman–Crippen MR) is 74.8 cm³/mol. The lowest BCUT2D eigenvalue weighted by Crippen LogP contribution is -2.09. The average molecular weight is 262 g/mol. The Hall–Kier alpha value is -1.51. The highest BCUT2D eigenvalue weighted by atomic mass is 16.7. The van der Waals surface area contributed by atoms with Crippen LogP contribution in [0.4, 0.5) is 0 Å². The Bertz CT molecular complexity index is 434. The van der Waals surface area contributed by atoms with Crippen molar-refractivity contribution in [1.82, 2.24) is 0 Å². The van der Waals surface area contributed by atoms with Crippen molar-refractivity contribution in [3.8, 4) is 11.5 Å². The minimum atomic E-state index is 0.213. The quantitative estimate of drug-likeness (QED) is 0.691. The molecule has 0 atom stereocenters. The first-order chi connectivity index (χ1) is 9.24. The number of carbonyl (C=O) groups excluding carboxylic acids is 1. The van der Waals surface area contributed by atoms with E-state index in [1.807, 2.05) is 12.1 Å². The molecule has 0 bridgehead atoms. The first-order valence-corrected chi connectivity index (χ1v) is 7.17. The van der Waals surface area contributed by atoms with Crippen LogP contribution < -0.4 is 9.47 Å². The zero-order chi connectivity index (χ0) is 13.7. The van der Waals surface area contributed by atoms with Gasteiger partial charge in [0.25, 0.3) is 0 Å². The van der Waals surface area contributed by atoms with Crippen LogP contribution in [0.5, 0.6) is 11.5 Å². The van der Waals surface area contributed by atoms with E-state index in [2.05, 4.69) is 13.8 Å². The fourth-order valence-corrected chi connectivity index (χ4v) is 2.61. The van der Waals surface area contributed by atoms with Crippen molar-refractivity contribution >= 4 is 5.78 Å². The number of carbonyl (C=O) groups is 1. The molecular weight excluding hydrogens is 240 g/mol. The lowest BCUT2D eigenvalue weighted by molar-refractivity contribution is 0.0955. The van der Waals surface area contributed by atoms with E-state index in [4.69, 9.17) is 9.47 Å². The van der Waals surface area contributed by atoms with Crippen molar-refractivity contribution < 1.29 is 14.3 Å². The lowest BCUT2D eigenvalue weighted by atomic mass is 9.91. The number of hydrogen-bond acceptors (Lipinski definition) is 3. The second-order valence-corrected chi connectivity index (χ2v) is 5.14. The molecule has 2 rings (SSSR count). The zero-order valence-corrected chi connectivity index (χ0v) is 11.8. The number of fused-ring (bicyclic) bond motifs is 1. The summed E-state index contributed by atoms with van der Waals surface area (Å²) in [6, 6.07) is 5.47. The molecule has 0 aliphatic carbocycles. The fraction of sp³-hybridized carbons (Fsp3) is 0.562. The summed E-state index contributed by atoms with van der Waals surface area (Å²) in [5.41, 5.74) is 0.737. The maximum absolute atomic E-state index is 12.3. The summed E-state index contributed by atoms with van der Waals surface area (Å²) in [7, 11) is 0. The van der Waals surface area contributed by atoms with Crippen LogP contribution in [0.3, 0.4) is 0 Å². The van der Waals surface area contributed by atoms with Crippen molar-refractivity contribution in [2.75, 3.05) is 6.79 Å². The van der Waals surface area contributed by atoms with E-state index in [1.165, 1.54) is 0 Å². The molecule has 0 unspecified atom stereocenters. The Balaban J connectivity index is 2.02. The monoisotopic (exact) mass is 262 g/mol. The molecular formula is C16H22O3. The molecule has 0 aromatic heterocycles. The Morgan fingerprint density at radius 3 is 2.53 bits per heavy atom. The normalized spacial score (nSPS) is 13.0. The maximum atomic E-state index is 12.3. The van der Waals surface area contributed by atoms with E-state index in [1.54, 1.807) is 6.07 Å². The van der Waals surface area contributed by atoms with Crippen LogP contribution in [0.1, 0.15) is 56.3 Å². The molecule has 3 nitrogen and oxygen atoms in total. The lowest BCUT2D eigenvalue weighted by Gasteiger charge is -2.14. The summed E-state index contributed by atoms with van der Waals surface area (Å²) >= 11 is 0. The number of rotatable bonds is 7. The van der Waals surface area contributed by atoms with Gasteiger partial charge >= 0.3 is 0 Å². The fourth-order valence-electron chi connectivity index (χ4n) is 2.61. The molecule has 0 amide bonds. The minimum absolute atomic E-state index is 0.213. The van der Waals surface area contributed by atoms with Gasteiger partial charge in [-0.2, -0.15) is 0 Å². The average Bonchev–Trinajstić information content (AvgIpc) is 2.86. The van der Waals surface area contributed by atoms with Gasteiger partial charge in [-0.3, -0.25) is 4.79 Å². The van der Waals surface area contributed by atoms with E-state index in [-0.39, 0.29) is 12.6 Å². The Kier molecular flexibility index (Phi) is 4.83. The van der Waals surface area contributed by atoms with Crippen molar-refractivity contribution in [3.05, 3.63) is 23.8 Å². The van der Waals surface area contributed by atoms with E-state index in [0.29, 0.717) is 18.1 Å². The first-order valence-electron chi connectivity index (χ1n) is 7.17. The summed E-state index contributed by atoms with van der Waals surface area (Å²) in [5, 5.41) is 0. The van der Waals surface area contributed by atoms with Gasteiger partial charge in [0, 0.05) is 12.0 Å². The van der Waals surface area contributed by atoms with Gasteiger partial charge in [0.05, 0.1) is 0 Å². The molecule has 0 radical (unpaired) electrons. The highest BCUT2D eigenvalue weighted by Gasteiger charge is 2.18. The van der Waals surface area contributed by atoms with Crippen molar-refractivity contribution in [3.63, 3.8) is 0 Å². The molecule has 1 heterocycles. The van der Waals surface area contributed by atoms with E-state index in [9.17, 15) is 4.79 Å². The van der Waals surface area contributed by atoms with Crippen LogP contribution in [0.15, 0.2) is 18.2 Å². The molecule has 0 fully saturated rings. The van der Waals surface area contributed by atoms with Crippen LogP contribution in [-0.4, -0.2) is 12.6 Å². The Morgan fingerprint density at radius 2 is 1.84 bits per heavy atom. The summed E-state index contributed by atoms with van der Waals surface area (Å²) in [5.74, 6) is 2.14.